The Bertz CT molecular complexity index is 469. The van der Waals surface area contributed by atoms with E-state index in [0.717, 1.165) is 12.8 Å². The summed E-state index contributed by atoms with van der Waals surface area (Å²) in [5.74, 6) is 0.358. The van der Waals surface area contributed by atoms with Crippen LogP contribution in [-0.2, 0) is 4.74 Å². The first-order chi connectivity index (χ1) is 8.69. The molecule has 0 aliphatic heterocycles. The summed E-state index contributed by atoms with van der Waals surface area (Å²) < 4.78 is 10.3. The Kier molecular flexibility index (Phi) is 3.52. The minimum atomic E-state index is -0.357. The molecule has 4 nitrogen and oxygen atoms in total. The number of hydrogen-bond donors (Lipinski definition) is 0. The van der Waals surface area contributed by atoms with Crippen LogP contribution in [0.25, 0.3) is 0 Å². The van der Waals surface area contributed by atoms with E-state index in [9.17, 15) is 4.79 Å². The Morgan fingerprint density at radius 3 is 2.56 bits per heavy atom. The van der Waals surface area contributed by atoms with Crippen molar-refractivity contribution in [2.45, 2.75) is 19.3 Å². The number of ether oxygens (including phenoxy) is 2. The van der Waals surface area contributed by atoms with Gasteiger partial charge >= 0.3 is 5.97 Å². The third-order valence-corrected chi connectivity index (χ3v) is 3.23. The average molecular weight is 245 g/mol. The summed E-state index contributed by atoms with van der Waals surface area (Å²) in [7, 11) is 1.35. The number of benzene rings is 1. The van der Waals surface area contributed by atoms with Crippen LogP contribution in [0.2, 0.25) is 0 Å². The van der Waals surface area contributed by atoms with Crippen LogP contribution in [0, 0.1) is 16.7 Å². The molecule has 0 saturated heterocycles. The Morgan fingerprint density at radius 1 is 1.39 bits per heavy atom. The number of carbonyl (C=O) groups is 1. The second-order valence-electron chi connectivity index (χ2n) is 4.64. The highest BCUT2D eigenvalue weighted by Crippen LogP contribution is 2.48. The predicted octanol–water partition coefficient (Wildman–Crippen LogP) is 2.55. The van der Waals surface area contributed by atoms with Gasteiger partial charge in [0.15, 0.2) is 0 Å². The lowest BCUT2D eigenvalue weighted by atomic mass is 10.1. The molecule has 1 aliphatic rings. The zero-order valence-corrected chi connectivity index (χ0v) is 10.3. The predicted molar refractivity (Wildman–Crippen MR) is 65.2 cm³/mol. The third kappa shape index (κ3) is 2.80. The van der Waals surface area contributed by atoms with Crippen LogP contribution in [0.3, 0.4) is 0 Å². The maximum Gasteiger partial charge on any atom is 0.337 e. The van der Waals surface area contributed by atoms with E-state index < -0.39 is 0 Å². The van der Waals surface area contributed by atoms with Crippen LogP contribution in [-0.4, -0.2) is 19.7 Å². The summed E-state index contributed by atoms with van der Waals surface area (Å²) >= 11 is 0. The topological polar surface area (TPSA) is 59.3 Å². The fourth-order valence-electron chi connectivity index (χ4n) is 1.76. The van der Waals surface area contributed by atoms with E-state index in [1.807, 2.05) is 0 Å². The number of nitriles is 1. The van der Waals surface area contributed by atoms with Crippen LogP contribution in [0.5, 0.6) is 5.75 Å². The summed E-state index contributed by atoms with van der Waals surface area (Å²) in [5, 5.41) is 8.71. The normalized spacial score (nSPS) is 15.6. The van der Waals surface area contributed by atoms with Gasteiger partial charge in [0.05, 0.1) is 25.3 Å². The van der Waals surface area contributed by atoms with E-state index in [4.69, 9.17) is 10.00 Å². The highest BCUT2D eigenvalue weighted by atomic mass is 16.5. The molecule has 1 saturated carbocycles. The minimum absolute atomic E-state index is 0.0652. The molecule has 1 aromatic carbocycles. The standard InChI is InChI=1S/C14H15NO3/c1-17-13(16)11-2-4-12(5-3-11)18-10-14(6-7-14)8-9-15/h2-5H,6-8,10H2,1H3. The molecule has 0 heterocycles. The second kappa shape index (κ2) is 5.09. The molecule has 4 heteroatoms. The van der Waals surface area contributed by atoms with Gasteiger partial charge in [-0.3, -0.25) is 0 Å². The molecule has 1 fully saturated rings. The van der Waals surface area contributed by atoms with Crippen LogP contribution in [0.1, 0.15) is 29.6 Å². The fourth-order valence-corrected chi connectivity index (χ4v) is 1.76. The van der Waals surface area contributed by atoms with E-state index in [1.54, 1.807) is 24.3 Å². The highest BCUT2D eigenvalue weighted by molar-refractivity contribution is 5.89. The van der Waals surface area contributed by atoms with Crippen LogP contribution in [0.4, 0.5) is 0 Å². The molecule has 1 aromatic rings. The first-order valence-electron chi connectivity index (χ1n) is 5.87. The first-order valence-corrected chi connectivity index (χ1v) is 5.87. The van der Waals surface area contributed by atoms with Gasteiger partial charge in [0.25, 0.3) is 0 Å². The number of esters is 1. The first kappa shape index (κ1) is 12.4. The molecule has 0 spiro atoms. The Labute approximate surface area is 106 Å². The maximum absolute atomic E-state index is 11.2. The quantitative estimate of drug-likeness (QED) is 0.748. The number of carbonyl (C=O) groups excluding carboxylic acids is 1. The van der Waals surface area contributed by atoms with Gasteiger partial charge in [-0.2, -0.15) is 5.26 Å². The largest absolute Gasteiger partial charge is 0.493 e. The van der Waals surface area contributed by atoms with E-state index in [-0.39, 0.29) is 11.4 Å². The van der Waals surface area contributed by atoms with Crippen molar-refractivity contribution in [3.05, 3.63) is 29.8 Å². The van der Waals surface area contributed by atoms with Crippen molar-refractivity contribution in [2.75, 3.05) is 13.7 Å². The molecule has 18 heavy (non-hydrogen) atoms. The monoisotopic (exact) mass is 245 g/mol. The second-order valence-corrected chi connectivity index (χ2v) is 4.64. The number of hydrogen-bond acceptors (Lipinski definition) is 4. The van der Waals surface area contributed by atoms with Gasteiger partial charge in [0.2, 0.25) is 0 Å². The lowest BCUT2D eigenvalue weighted by Crippen LogP contribution is -2.12. The molecule has 0 N–H and O–H groups in total. The molecule has 0 aromatic heterocycles. The number of nitrogens with zero attached hydrogens (tertiary/aromatic N) is 1. The van der Waals surface area contributed by atoms with Crippen molar-refractivity contribution in [2.24, 2.45) is 5.41 Å². The Hall–Kier alpha value is -2.02. The molecular weight excluding hydrogens is 230 g/mol. The zero-order valence-electron chi connectivity index (χ0n) is 10.3. The van der Waals surface area contributed by atoms with Gasteiger partial charge in [0, 0.05) is 11.8 Å². The fraction of sp³-hybridized carbons (Fsp3) is 0.429. The van der Waals surface area contributed by atoms with Crippen molar-refractivity contribution < 1.29 is 14.3 Å². The molecule has 0 unspecified atom stereocenters. The van der Waals surface area contributed by atoms with Crippen molar-refractivity contribution in [1.82, 2.24) is 0 Å². The van der Waals surface area contributed by atoms with Crippen molar-refractivity contribution in [1.29, 1.82) is 5.26 Å². The summed E-state index contributed by atoms with van der Waals surface area (Å²) in [4.78, 5) is 11.2. The summed E-state index contributed by atoms with van der Waals surface area (Å²) in [5.41, 5.74) is 0.568. The third-order valence-electron chi connectivity index (χ3n) is 3.23. The lowest BCUT2D eigenvalue weighted by Gasteiger charge is -2.12. The highest BCUT2D eigenvalue weighted by Gasteiger charge is 2.43. The lowest BCUT2D eigenvalue weighted by molar-refractivity contribution is 0.0600. The zero-order chi connectivity index (χ0) is 13.0. The minimum Gasteiger partial charge on any atom is -0.493 e. The van der Waals surface area contributed by atoms with E-state index in [0.29, 0.717) is 24.3 Å². The molecule has 0 atom stereocenters. The van der Waals surface area contributed by atoms with Gasteiger partial charge in [-0.1, -0.05) is 0 Å². The molecule has 0 bridgehead atoms. The molecular formula is C14H15NO3. The smallest absolute Gasteiger partial charge is 0.337 e. The van der Waals surface area contributed by atoms with Crippen molar-refractivity contribution in [3.8, 4) is 11.8 Å². The van der Waals surface area contributed by atoms with Gasteiger partial charge in [-0.25, -0.2) is 4.79 Å². The summed E-state index contributed by atoms with van der Waals surface area (Å²) in [6.07, 6.45) is 2.66. The maximum atomic E-state index is 11.2. The van der Waals surface area contributed by atoms with Crippen LogP contribution >= 0.6 is 0 Å². The summed E-state index contributed by atoms with van der Waals surface area (Å²) in [6, 6.07) is 9.03. The SMILES string of the molecule is COC(=O)c1ccc(OCC2(CC#N)CC2)cc1. The van der Waals surface area contributed by atoms with Crippen molar-refractivity contribution >= 4 is 5.97 Å². The van der Waals surface area contributed by atoms with Gasteiger partial charge in [-0.15, -0.1) is 0 Å². The molecule has 2 rings (SSSR count). The van der Waals surface area contributed by atoms with E-state index in [2.05, 4.69) is 10.8 Å². The molecule has 0 radical (unpaired) electrons. The Morgan fingerprint density at radius 2 is 2.06 bits per heavy atom. The van der Waals surface area contributed by atoms with E-state index in [1.165, 1.54) is 7.11 Å². The summed E-state index contributed by atoms with van der Waals surface area (Å²) in [6.45, 7) is 0.568. The van der Waals surface area contributed by atoms with Crippen molar-refractivity contribution in [3.63, 3.8) is 0 Å². The molecule has 0 amide bonds. The van der Waals surface area contributed by atoms with Crippen LogP contribution < -0.4 is 4.74 Å². The molecule has 1 aliphatic carbocycles. The van der Waals surface area contributed by atoms with Gasteiger partial charge in [-0.05, 0) is 37.1 Å². The van der Waals surface area contributed by atoms with Crippen LogP contribution in [0.15, 0.2) is 24.3 Å². The number of methoxy groups -OCH3 is 1. The Balaban J connectivity index is 1.91. The van der Waals surface area contributed by atoms with Gasteiger partial charge < -0.3 is 9.47 Å². The van der Waals surface area contributed by atoms with Gasteiger partial charge in [0.1, 0.15) is 5.75 Å². The number of rotatable bonds is 5. The average Bonchev–Trinajstić information content (AvgIpc) is 3.17. The van der Waals surface area contributed by atoms with E-state index >= 15 is 0 Å². The molecule has 94 valence electrons.